The molecule has 7 heteroatoms. The molecule has 1 saturated carbocycles. The molecule has 0 atom stereocenters. The van der Waals surface area contributed by atoms with Crippen LogP contribution in [0.2, 0.25) is 0 Å². The normalized spacial score (nSPS) is 14.5. The summed E-state index contributed by atoms with van der Waals surface area (Å²) in [5, 5.41) is 9.45. The van der Waals surface area contributed by atoms with Gasteiger partial charge in [0.1, 0.15) is 16.6 Å². The van der Waals surface area contributed by atoms with Gasteiger partial charge in [-0.2, -0.15) is 0 Å². The first kappa shape index (κ1) is 16.8. The van der Waals surface area contributed by atoms with Crippen LogP contribution in [0.3, 0.4) is 0 Å². The van der Waals surface area contributed by atoms with Gasteiger partial charge in [0.25, 0.3) is 0 Å². The second kappa shape index (κ2) is 6.57. The minimum Gasteiger partial charge on any atom is -0.495 e. The number of aromatic nitrogens is 1. The van der Waals surface area contributed by atoms with Gasteiger partial charge in [-0.15, -0.1) is 0 Å². The molecule has 26 heavy (non-hydrogen) atoms. The van der Waals surface area contributed by atoms with Crippen molar-refractivity contribution in [3.8, 4) is 5.75 Å². The zero-order valence-corrected chi connectivity index (χ0v) is 15.5. The molecule has 0 spiro atoms. The smallest absolute Gasteiger partial charge is 0.228 e. The number of ether oxygens (including phenoxy) is 1. The molecule has 3 N–H and O–H groups in total. The first-order valence-electron chi connectivity index (χ1n) is 8.60. The van der Waals surface area contributed by atoms with Crippen LogP contribution < -0.4 is 20.7 Å². The zero-order valence-electron chi connectivity index (χ0n) is 14.7. The number of nitrogens with one attached hydrogen (secondary N) is 3. The lowest BCUT2D eigenvalue weighted by Crippen LogP contribution is -2.23. The maximum Gasteiger partial charge on any atom is 0.228 e. The molecule has 2 heterocycles. The molecule has 1 aromatic carbocycles. The second-order valence-corrected chi connectivity index (χ2v) is 6.92. The van der Waals surface area contributed by atoms with E-state index in [1.165, 1.54) is 0 Å². The molecule has 1 aliphatic heterocycles. The number of hydrogen-bond donors (Lipinski definition) is 3. The SMILES string of the molecule is CNC(=S)c1cnc(NC(=O)C2CC2)c2c1Nc1c(cccc1OC)C2. The number of carbonyl (C=O) groups excluding carboxylic acids is 1. The van der Waals surface area contributed by atoms with Gasteiger partial charge in [-0.05, 0) is 24.5 Å². The predicted molar refractivity (Wildman–Crippen MR) is 105 cm³/mol. The Labute approximate surface area is 157 Å². The van der Waals surface area contributed by atoms with E-state index in [-0.39, 0.29) is 11.8 Å². The fourth-order valence-corrected chi connectivity index (χ4v) is 3.35. The lowest BCUT2D eigenvalue weighted by Gasteiger charge is -2.27. The highest BCUT2D eigenvalue weighted by Gasteiger charge is 2.32. The fraction of sp³-hybridized carbons (Fsp3) is 0.316. The summed E-state index contributed by atoms with van der Waals surface area (Å²) in [6.07, 6.45) is 4.25. The topological polar surface area (TPSA) is 75.3 Å². The molecule has 0 unspecified atom stereocenters. The number of carbonyl (C=O) groups is 1. The van der Waals surface area contributed by atoms with E-state index in [9.17, 15) is 4.79 Å². The van der Waals surface area contributed by atoms with Crippen LogP contribution in [0.5, 0.6) is 5.75 Å². The number of fused-ring (bicyclic) bond motifs is 2. The summed E-state index contributed by atoms with van der Waals surface area (Å²) in [7, 11) is 3.44. The van der Waals surface area contributed by atoms with E-state index in [0.29, 0.717) is 17.2 Å². The van der Waals surface area contributed by atoms with Crippen LogP contribution in [0.15, 0.2) is 24.4 Å². The number of thiocarbonyl (C=S) groups is 1. The Balaban J connectivity index is 1.80. The lowest BCUT2D eigenvalue weighted by molar-refractivity contribution is -0.117. The Morgan fingerprint density at radius 3 is 2.85 bits per heavy atom. The predicted octanol–water partition coefficient (Wildman–Crippen LogP) is 2.98. The van der Waals surface area contributed by atoms with Crippen molar-refractivity contribution in [1.82, 2.24) is 10.3 Å². The van der Waals surface area contributed by atoms with Crippen molar-refractivity contribution in [1.29, 1.82) is 0 Å². The van der Waals surface area contributed by atoms with Gasteiger partial charge in [0.15, 0.2) is 0 Å². The van der Waals surface area contributed by atoms with Crippen LogP contribution >= 0.6 is 12.2 Å². The van der Waals surface area contributed by atoms with Crippen LogP contribution in [0.25, 0.3) is 0 Å². The van der Waals surface area contributed by atoms with Crippen LogP contribution in [0, 0.1) is 5.92 Å². The molecule has 2 aromatic rings. The van der Waals surface area contributed by atoms with Crippen LogP contribution in [-0.4, -0.2) is 30.0 Å². The summed E-state index contributed by atoms with van der Waals surface area (Å²) in [5.74, 6) is 1.53. The second-order valence-electron chi connectivity index (χ2n) is 6.51. The third kappa shape index (κ3) is 2.88. The van der Waals surface area contributed by atoms with Gasteiger partial charge in [-0.1, -0.05) is 24.4 Å². The summed E-state index contributed by atoms with van der Waals surface area (Å²) in [6, 6.07) is 5.93. The van der Waals surface area contributed by atoms with E-state index in [1.807, 2.05) is 18.2 Å². The van der Waals surface area contributed by atoms with Crippen molar-refractivity contribution in [2.75, 3.05) is 24.8 Å². The maximum absolute atomic E-state index is 12.3. The molecule has 1 fully saturated rings. The Kier molecular flexibility index (Phi) is 4.24. The van der Waals surface area contributed by atoms with Crippen LogP contribution in [-0.2, 0) is 11.2 Å². The number of para-hydroxylation sites is 1. The Hall–Kier alpha value is -2.67. The van der Waals surface area contributed by atoms with Gasteiger partial charge >= 0.3 is 0 Å². The van der Waals surface area contributed by atoms with E-state index in [1.54, 1.807) is 20.4 Å². The molecule has 6 nitrogen and oxygen atoms in total. The average Bonchev–Trinajstić information content (AvgIpc) is 3.51. The standard InChI is InChI=1S/C19H20N4O2S/c1-20-19(26)13-9-21-17(23-18(24)10-6-7-10)12-8-11-4-3-5-14(25-2)15(11)22-16(12)13/h3-5,9-10,22H,6-8H2,1-2H3,(H,20,26)(H,21,23,24). The molecule has 0 radical (unpaired) electrons. The van der Waals surface area contributed by atoms with E-state index in [4.69, 9.17) is 17.0 Å². The number of pyridine rings is 1. The third-order valence-electron chi connectivity index (χ3n) is 4.79. The molecule has 1 aliphatic carbocycles. The molecule has 0 bridgehead atoms. The monoisotopic (exact) mass is 368 g/mol. The van der Waals surface area contributed by atoms with Crippen molar-refractivity contribution < 1.29 is 9.53 Å². The molecule has 134 valence electrons. The van der Waals surface area contributed by atoms with Gasteiger partial charge in [-0.3, -0.25) is 4.79 Å². The van der Waals surface area contributed by atoms with Crippen molar-refractivity contribution in [3.05, 3.63) is 41.1 Å². The zero-order chi connectivity index (χ0) is 18.3. The summed E-state index contributed by atoms with van der Waals surface area (Å²) < 4.78 is 5.49. The van der Waals surface area contributed by atoms with E-state index in [2.05, 4.69) is 20.9 Å². The first-order valence-corrected chi connectivity index (χ1v) is 9.01. The Morgan fingerprint density at radius 2 is 2.15 bits per heavy atom. The molecule has 2 aliphatic rings. The van der Waals surface area contributed by atoms with Crippen molar-refractivity contribution >= 4 is 40.3 Å². The number of anilines is 3. The number of nitrogens with zero attached hydrogens (tertiary/aromatic N) is 1. The highest BCUT2D eigenvalue weighted by Crippen LogP contribution is 2.42. The van der Waals surface area contributed by atoms with Crippen molar-refractivity contribution in [3.63, 3.8) is 0 Å². The molecule has 1 amide bonds. The Bertz CT molecular complexity index is 909. The van der Waals surface area contributed by atoms with Gasteiger partial charge in [0.05, 0.1) is 24.0 Å². The van der Waals surface area contributed by atoms with Gasteiger partial charge in [0.2, 0.25) is 5.91 Å². The average molecular weight is 368 g/mol. The van der Waals surface area contributed by atoms with Gasteiger partial charge in [-0.25, -0.2) is 4.98 Å². The number of amides is 1. The number of rotatable bonds is 4. The number of benzene rings is 1. The molecular formula is C19H20N4O2S. The van der Waals surface area contributed by atoms with Crippen LogP contribution in [0.4, 0.5) is 17.2 Å². The van der Waals surface area contributed by atoms with E-state index >= 15 is 0 Å². The summed E-state index contributed by atoms with van der Waals surface area (Å²) in [6.45, 7) is 0. The molecule has 0 saturated heterocycles. The highest BCUT2D eigenvalue weighted by molar-refractivity contribution is 7.80. The highest BCUT2D eigenvalue weighted by atomic mass is 32.1. The van der Waals surface area contributed by atoms with E-state index < -0.39 is 0 Å². The van der Waals surface area contributed by atoms with E-state index in [0.717, 1.165) is 46.7 Å². The largest absolute Gasteiger partial charge is 0.495 e. The minimum absolute atomic E-state index is 0.0417. The lowest BCUT2D eigenvalue weighted by atomic mass is 9.95. The number of hydrogen-bond acceptors (Lipinski definition) is 5. The maximum atomic E-state index is 12.3. The number of methoxy groups -OCH3 is 1. The van der Waals surface area contributed by atoms with Gasteiger partial charge in [0, 0.05) is 31.1 Å². The fourth-order valence-electron chi connectivity index (χ4n) is 3.20. The third-order valence-corrected chi connectivity index (χ3v) is 5.21. The van der Waals surface area contributed by atoms with Crippen LogP contribution in [0.1, 0.15) is 29.5 Å². The molecule has 1 aromatic heterocycles. The minimum atomic E-state index is 0.0417. The summed E-state index contributed by atoms with van der Waals surface area (Å²) in [4.78, 5) is 17.3. The van der Waals surface area contributed by atoms with Crippen molar-refractivity contribution in [2.45, 2.75) is 19.3 Å². The Morgan fingerprint density at radius 1 is 1.35 bits per heavy atom. The molecular weight excluding hydrogens is 348 g/mol. The quantitative estimate of drug-likeness (QED) is 0.615. The summed E-state index contributed by atoms with van der Waals surface area (Å²) >= 11 is 5.44. The van der Waals surface area contributed by atoms with Gasteiger partial charge < -0.3 is 20.7 Å². The van der Waals surface area contributed by atoms with Crippen molar-refractivity contribution in [2.24, 2.45) is 5.92 Å². The molecule has 4 rings (SSSR count). The summed E-state index contributed by atoms with van der Waals surface area (Å²) in [5.41, 5.74) is 4.62. The first-order chi connectivity index (χ1) is 12.6.